The lowest BCUT2D eigenvalue weighted by Crippen LogP contribution is -2.50. The third kappa shape index (κ3) is 6.34. The summed E-state index contributed by atoms with van der Waals surface area (Å²) in [5, 5.41) is 6.48. The van der Waals surface area contributed by atoms with Crippen molar-refractivity contribution in [1.82, 2.24) is 15.5 Å². The number of aryl methyl sites for hydroxylation is 1. The van der Waals surface area contributed by atoms with E-state index in [1.807, 2.05) is 7.05 Å². The van der Waals surface area contributed by atoms with Crippen molar-refractivity contribution in [2.45, 2.75) is 63.7 Å². The average Bonchev–Trinajstić information content (AvgIpc) is 2.76. The van der Waals surface area contributed by atoms with Gasteiger partial charge in [-0.15, -0.1) is 24.0 Å². The number of hydrogen-bond donors (Lipinski definition) is 2. The van der Waals surface area contributed by atoms with Crippen molar-refractivity contribution in [3.8, 4) is 0 Å². The fourth-order valence-electron chi connectivity index (χ4n) is 5.06. The van der Waals surface area contributed by atoms with Crippen LogP contribution >= 0.6 is 24.0 Å². The number of aliphatic imine (C=N–C) groups is 1. The number of guanidine groups is 1. The number of benzene rings is 1. The summed E-state index contributed by atoms with van der Waals surface area (Å²) >= 11 is 0. The normalized spacial score (nSPS) is 19.7. The second-order valence-corrected chi connectivity index (χ2v) is 8.92. The van der Waals surface area contributed by atoms with Crippen molar-refractivity contribution in [3.05, 3.63) is 35.4 Å². The largest absolute Gasteiger partial charge is 0.359 e. The van der Waals surface area contributed by atoms with Crippen LogP contribution in [0.4, 0.5) is 0 Å². The highest BCUT2D eigenvalue weighted by molar-refractivity contribution is 14.0. The molecule has 3 rings (SSSR count). The number of carbonyl (C=O) groups is 1. The van der Waals surface area contributed by atoms with Gasteiger partial charge in [-0.2, -0.15) is 0 Å². The van der Waals surface area contributed by atoms with Crippen LogP contribution in [-0.2, 0) is 10.2 Å². The van der Waals surface area contributed by atoms with Crippen LogP contribution in [0.2, 0.25) is 0 Å². The molecular weight excluding hydrogens is 487 g/mol. The molecule has 0 radical (unpaired) electrons. The predicted molar refractivity (Wildman–Crippen MR) is 136 cm³/mol. The van der Waals surface area contributed by atoms with Crippen LogP contribution in [0.3, 0.4) is 0 Å². The number of halogens is 1. The minimum atomic E-state index is 0. The van der Waals surface area contributed by atoms with E-state index in [0.717, 1.165) is 38.4 Å². The molecule has 1 heterocycles. The van der Waals surface area contributed by atoms with Crippen molar-refractivity contribution >= 4 is 35.8 Å². The van der Waals surface area contributed by atoms with Crippen molar-refractivity contribution in [1.29, 1.82) is 0 Å². The highest BCUT2D eigenvalue weighted by Gasteiger charge is 2.34. The van der Waals surface area contributed by atoms with Gasteiger partial charge in [-0.3, -0.25) is 9.79 Å². The molecule has 1 aliphatic carbocycles. The Morgan fingerprint density at radius 3 is 2.50 bits per heavy atom. The summed E-state index contributed by atoms with van der Waals surface area (Å²) in [4.78, 5) is 18.6. The van der Waals surface area contributed by atoms with Crippen molar-refractivity contribution in [3.63, 3.8) is 0 Å². The third-order valence-corrected chi connectivity index (χ3v) is 6.90. The topological polar surface area (TPSA) is 56.7 Å². The standard InChI is InChI=1S/C24H38N4O.HI/c1-19-8-7-9-21(16-19)24(12-5-4-6-13-24)18-27-23(26-3)28-14-10-20(11-15-28)17-22(29)25-2;/h7-9,16,20H,4-6,10-15,17-18H2,1-3H3,(H,25,29)(H,26,27);1H. The molecule has 168 valence electrons. The Kier molecular flexibility index (Phi) is 9.91. The Balaban J connectivity index is 0.00000320. The maximum Gasteiger partial charge on any atom is 0.220 e. The molecule has 0 atom stereocenters. The zero-order chi connectivity index (χ0) is 20.7. The second-order valence-electron chi connectivity index (χ2n) is 8.92. The average molecular weight is 527 g/mol. The molecule has 1 aliphatic heterocycles. The van der Waals surface area contributed by atoms with Crippen LogP contribution in [0, 0.1) is 12.8 Å². The quantitative estimate of drug-likeness (QED) is 0.343. The Bertz CT molecular complexity index is 707. The van der Waals surface area contributed by atoms with Crippen molar-refractivity contribution < 1.29 is 4.79 Å². The van der Waals surface area contributed by atoms with Crippen LogP contribution in [0.5, 0.6) is 0 Å². The molecule has 1 saturated carbocycles. The summed E-state index contributed by atoms with van der Waals surface area (Å²) in [6.45, 7) is 5.08. The van der Waals surface area contributed by atoms with Crippen LogP contribution in [0.15, 0.2) is 29.3 Å². The van der Waals surface area contributed by atoms with E-state index in [9.17, 15) is 4.79 Å². The van der Waals surface area contributed by atoms with Gasteiger partial charge in [-0.25, -0.2) is 0 Å². The Hall–Kier alpha value is -1.31. The highest BCUT2D eigenvalue weighted by Crippen LogP contribution is 2.39. The zero-order valence-corrected chi connectivity index (χ0v) is 21.2. The number of piperidine rings is 1. The van der Waals surface area contributed by atoms with E-state index in [1.165, 1.54) is 43.2 Å². The number of likely N-dealkylation sites (tertiary alicyclic amines) is 1. The Morgan fingerprint density at radius 2 is 1.90 bits per heavy atom. The lowest BCUT2D eigenvalue weighted by Gasteiger charge is -2.40. The van der Waals surface area contributed by atoms with Gasteiger partial charge in [0.15, 0.2) is 5.96 Å². The molecule has 2 aliphatic rings. The van der Waals surface area contributed by atoms with E-state index in [1.54, 1.807) is 7.05 Å². The summed E-state index contributed by atoms with van der Waals surface area (Å²) in [6.07, 6.45) is 9.20. The van der Waals surface area contributed by atoms with E-state index in [-0.39, 0.29) is 35.3 Å². The molecule has 0 unspecified atom stereocenters. The molecule has 2 N–H and O–H groups in total. The zero-order valence-electron chi connectivity index (χ0n) is 18.9. The molecule has 0 bridgehead atoms. The van der Waals surface area contributed by atoms with Gasteiger partial charge in [0.05, 0.1) is 0 Å². The SMILES string of the molecule is CN=C(NCC1(c2cccc(C)c2)CCCCC1)N1CCC(CC(=O)NC)CC1.I. The molecular formula is C24H39IN4O. The molecule has 0 spiro atoms. The molecule has 2 fully saturated rings. The molecule has 5 nitrogen and oxygen atoms in total. The van der Waals surface area contributed by atoms with E-state index in [2.05, 4.69) is 51.7 Å². The third-order valence-electron chi connectivity index (χ3n) is 6.90. The van der Waals surface area contributed by atoms with Crippen LogP contribution in [0.25, 0.3) is 0 Å². The van der Waals surface area contributed by atoms with Gasteiger partial charge in [-0.05, 0) is 44.1 Å². The smallest absolute Gasteiger partial charge is 0.220 e. The van der Waals surface area contributed by atoms with Crippen LogP contribution < -0.4 is 10.6 Å². The Morgan fingerprint density at radius 1 is 1.20 bits per heavy atom. The molecule has 1 aromatic rings. The first-order valence-corrected chi connectivity index (χ1v) is 11.3. The maximum absolute atomic E-state index is 11.7. The van der Waals surface area contributed by atoms with Crippen LogP contribution in [0.1, 0.15) is 62.5 Å². The summed E-state index contributed by atoms with van der Waals surface area (Å²) < 4.78 is 0. The van der Waals surface area contributed by atoms with E-state index in [0.29, 0.717) is 12.3 Å². The first-order valence-electron chi connectivity index (χ1n) is 11.3. The van der Waals surface area contributed by atoms with E-state index >= 15 is 0 Å². The minimum Gasteiger partial charge on any atom is -0.359 e. The van der Waals surface area contributed by atoms with Gasteiger partial charge in [0, 0.05) is 45.6 Å². The lowest BCUT2D eigenvalue weighted by molar-refractivity contribution is -0.121. The summed E-state index contributed by atoms with van der Waals surface area (Å²) in [7, 11) is 3.61. The van der Waals surface area contributed by atoms with Crippen molar-refractivity contribution in [2.24, 2.45) is 10.9 Å². The van der Waals surface area contributed by atoms with Gasteiger partial charge in [0.2, 0.25) is 5.91 Å². The summed E-state index contributed by atoms with van der Waals surface area (Å²) in [5.74, 6) is 1.66. The maximum atomic E-state index is 11.7. The number of nitrogens with zero attached hydrogens (tertiary/aromatic N) is 2. The Labute approximate surface area is 199 Å². The predicted octanol–water partition coefficient (Wildman–Crippen LogP) is 4.24. The number of amides is 1. The number of nitrogens with one attached hydrogen (secondary N) is 2. The first kappa shape index (κ1) is 25.0. The molecule has 0 aromatic heterocycles. The molecule has 1 saturated heterocycles. The number of carbonyl (C=O) groups excluding carboxylic acids is 1. The monoisotopic (exact) mass is 526 g/mol. The second kappa shape index (κ2) is 11.9. The number of rotatable bonds is 5. The van der Waals surface area contributed by atoms with Crippen LogP contribution in [-0.4, -0.2) is 50.5 Å². The minimum absolute atomic E-state index is 0. The molecule has 1 aromatic carbocycles. The highest BCUT2D eigenvalue weighted by atomic mass is 127. The molecule has 6 heteroatoms. The fourth-order valence-corrected chi connectivity index (χ4v) is 5.06. The summed E-state index contributed by atoms with van der Waals surface area (Å²) in [5.41, 5.74) is 3.03. The molecule has 30 heavy (non-hydrogen) atoms. The first-order chi connectivity index (χ1) is 14.1. The van der Waals surface area contributed by atoms with Gasteiger partial charge in [-0.1, -0.05) is 49.1 Å². The fraction of sp³-hybridized carbons (Fsp3) is 0.667. The van der Waals surface area contributed by atoms with Crippen molar-refractivity contribution in [2.75, 3.05) is 33.7 Å². The lowest BCUT2D eigenvalue weighted by atomic mass is 9.69. The van der Waals surface area contributed by atoms with Gasteiger partial charge < -0.3 is 15.5 Å². The van der Waals surface area contributed by atoms with Gasteiger partial charge >= 0.3 is 0 Å². The van der Waals surface area contributed by atoms with Gasteiger partial charge in [0.25, 0.3) is 0 Å². The summed E-state index contributed by atoms with van der Waals surface area (Å²) in [6, 6.07) is 9.08. The molecule has 1 amide bonds. The van der Waals surface area contributed by atoms with Gasteiger partial charge in [0.1, 0.15) is 0 Å². The van der Waals surface area contributed by atoms with E-state index < -0.39 is 0 Å². The number of hydrogen-bond acceptors (Lipinski definition) is 2. The van der Waals surface area contributed by atoms with E-state index in [4.69, 9.17) is 0 Å².